The lowest BCUT2D eigenvalue weighted by Crippen LogP contribution is -2.23. The molecular weight excluding hydrogens is 484 g/mol. The summed E-state index contributed by atoms with van der Waals surface area (Å²) in [5.74, 6) is -0.0214. The van der Waals surface area contributed by atoms with Gasteiger partial charge in [-0.3, -0.25) is 9.62 Å². The summed E-state index contributed by atoms with van der Waals surface area (Å²) in [6, 6.07) is 23.1. The Labute approximate surface area is 217 Å². The molecule has 8 heteroatoms. The van der Waals surface area contributed by atoms with Crippen LogP contribution in [0.4, 0.5) is 11.4 Å². The normalized spacial score (nSPS) is 15.5. The number of sulfonamides is 1. The molecule has 4 aromatic rings. The number of hydrogen-bond acceptors (Lipinski definition) is 5. The lowest BCUT2D eigenvalue weighted by atomic mass is 10.0. The highest BCUT2D eigenvalue weighted by Crippen LogP contribution is 2.33. The van der Waals surface area contributed by atoms with Crippen molar-refractivity contribution in [3.05, 3.63) is 89.5 Å². The zero-order chi connectivity index (χ0) is 25.8. The molecule has 37 heavy (non-hydrogen) atoms. The minimum absolute atomic E-state index is 0.0214. The SMILES string of the molecule is CS(=O)(=O)Nc1ccc2[nH]c(O)c(C(=Nc3ccc(CN4CCCCCC4)cc3)c3ccccc3)c2c1. The third kappa shape index (κ3) is 6.21. The van der Waals surface area contributed by atoms with Crippen LogP contribution in [-0.4, -0.2) is 48.5 Å². The van der Waals surface area contributed by atoms with E-state index in [2.05, 4.69) is 26.7 Å². The highest BCUT2D eigenvalue weighted by molar-refractivity contribution is 7.92. The van der Waals surface area contributed by atoms with Crippen LogP contribution >= 0.6 is 0 Å². The van der Waals surface area contributed by atoms with Gasteiger partial charge in [-0.05, 0) is 61.8 Å². The zero-order valence-corrected chi connectivity index (χ0v) is 21.8. The first kappa shape index (κ1) is 25.0. The summed E-state index contributed by atoms with van der Waals surface area (Å²) >= 11 is 0. The molecule has 0 saturated carbocycles. The topological polar surface area (TPSA) is 97.8 Å². The average Bonchev–Trinajstić information content (AvgIpc) is 3.02. The summed E-state index contributed by atoms with van der Waals surface area (Å²) in [6.45, 7) is 3.23. The Morgan fingerprint density at radius 1 is 0.973 bits per heavy atom. The number of hydrogen-bond donors (Lipinski definition) is 3. The van der Waals surface area contributed by atoms with Crippen molar-refractivity contribution in [1.29, 1.82) is 0 Å². The number of rotatable bonds is 7. The minimum Gasteiger partial charge on any atom is -0.494 e. The maximum Gasteiger partial charge on any atom is 0.229 e. The van der Waals surface area contributed by atoms with Crippen LogP contribution in [0.5, 0.6) is 5.88 Å². The number of aromatic hydroxyl groups is 1. The molecule has 2 heterocycles. The van der Waals surface area contributed by atoms with Gasteiger partial charge in [-0.2, -0.15) is 0 Å². The van der Waals surface area contributed by atoms with Gasteiger partial charge < -0.3 is 10.1 Å². The van der Waals surface area contributed by atoms with Crippen molar-refractivity contribution in [2.24, 2.45) is 4.99 Å². The summed E-state index contributed by atoms with van der Waals surface area (Å²) in [6.07, 6.45) is 6.27. The molecule has 1 aliphatic rings. The van der Waals surface area contributed by atoms with E-state index in [9.17, 15) is 13.5 Å². The van der Waals surface area contributed by atoms with E-state index in [1.165, 1.54) is 31.2 Å². The molecule has 0 atom stereocenters. The number of H-pyrrole nitrogens is 1. The van der Waals surface area contributed by atoms with Crippen LogP contribution in [-0.2, 0) is 16.6 Å². The predicted octanol–water partition coefficient (Wildman–Crippen LogP) is 5.79. The molecule has 0 spiro atoms. The molecule has 0 radical (unpaired) electrons. The fourth-order valence-electron chi connectivity index (χ4n) is 4.91. The maximum atomic E-state index is 11.8. The third-order valence-corrected chi connectivity index (χ3v) is 7.25. The lowest BCUT2D eigenvalue weighted by Gasteiger charge is -2.19. The van der Waals surface area contributed by atoms with Crippen LogP contribution in [0.25, 0.3) is 10.9 Å². The van der Waals surface area contributed by atoms with Crippen LogP contribution in [0.2, 0.25) is 0 Å². The molecule has 7 nitrogen and oxygen atoms in total. The first-order valence-electron chi connectivity index (χ1n) is 12.6. The van der Waals surface area contributed by atoms with Crippen molar-refractivity contribution in [1.82, 2.24) is 9.88 Å². The van der Waals surface area contributed by atoms with E-state index in [0.29, 0.717) is 27.9 Å². The van der Waals surface area contributed by atoms with Crippen LogP contribution in [0.15, 0.2) is 77.8 Å². The maximum absolute atomic E-state index is 11.8. The molecule has 192 valence electrons. The molecule has 0 bridgehead atoms. The Morgan fingerprint density at radius 2 is 1.68 bits per heavy atom. The number of aromatic amines is 1. The van der Waals surface area contributed by atoms with Gasteiger partial charge in [0, 0.05) is 28.7 Å². The van der Waals surface area contributed by atoms with E-state index in [1.807, 2.05) is 42.5 Å². The number of nitrogens with one attached hydrogen (secondary N) is 2. The molecule has 3 aromatic carbocycles. The molecule has 1 fully saturated rings. The molecule has 0 aliphatic carbocycles. The Balaban J connectivity index is 1.53. The summed E-state index contributed by atoms with van der Waals surface area (Å²) in [5.41, 5.74) is 5.09. The largest absolute Gasteiger partial charge is 0.494 e. The van der Waals surface area contributed by atoms with E-state index in [4.69, 9.17) is 4.99 Å². The number of likely N-dealkylation sites (tertiary alicyclic amines) is 1. The van der Waals surface area contributed by atoms with Crippen molar-refractivity contribution in [3.63, 3.8) is 0 Å². The Bertz CT molecular complexity index is 1500. The fourth-order valence-corrected chi connectivity index (χ4v) is 5.47. The Kier molecular flexibility index (Phi) is 7.30. The van der Waals surface area contributed by atoms with Gasteiger partial charge in [0.15, 0.2) is 5.88 Å². The van der Waals surface area contributed by atoms with Crippen LogP contribution in [0, 0.1) is 0 Å². The number of anilines is 1. The summed E-state index contributed by atoms with van der Waals surface area (Å²) in [4.78, 5) is 10.5. The Morgan fingerprint density at radius 3 is 2.35 bits per heavy atom. The molecule has 5 rings (SSSR count). The van der Waals surface area contributed by atoms with E-state index in [0.717, 1.165) is 37.1 Å². The lowest BCUT2D eigenvalue weighted by molar-refractivity contribution is 0.277. The number of fused-ring (bicyclic) bond motifs is 1. The third-order valence-electron chi connectivity index (χ3n) is 6.65. The highest BCUT2D eigenvalue weighted by Gasteiger charge is 2.19. The zero-order valence-electron chi connectivity index (χ0n) is 20.9. The van der Waals surface area contributed by atoms with Crippen molar-refractivity contribution >= 4 is 38.0 Å². The monoisotopic (exact) mass is 516 g/mol. The fraction of sp³-hybridized carbons (Fsp3) is 0.276. The van der Waals surface area contributed by atoms with Gasteiger partial charge in [0.2, 0.25) is 10.0 Å². The standard InChI is InChI=1S/C29H32N4O3S/c1-37(35,36)32-24-15-16-26-25(19-24)27(29(34)31-26)28(22-9-5-4-6-10-22)30-23-13-11-21(12-14-23)20-33-17-7-2-3-8-18-33/h4-6,9-16,19,31-32,34H,2-3,7-8,17-18,20H2,1H3. The van der Waals surface area contributed by atoms with Crippen LogP contribution in [0.1, 0.15) is 42.4 Å². The van der Waals surface area contributed by atoms with E-state index < -0.39 is 10.0 Å². The number of benzene rings is 3. The van der Waals surface area contributed by atoms with E-state index in [-0.39, 0.29) is 5.88 Å². The smallest absolute Gasteiger partial charge is 0.229 e. The van der Waals surface area contributed by atoms with E-state index in [1.54, 1.807) is 18.2 Å². The van der Waals surface area contributed by atoms with Gasteiger partial charge in [-0.25, -0.2) is 13.4 Å². The second kappa shape index (κ2) is 10.8. The Hall–Kier alpha value is -3.62. The van der Waals surface area contributed by atoms with Crippen molar-refractivity contribution in [3.8, 4) is 5.88 Å². The van der Waals surface area contributed by atoms with Crippen LogP contribution < -0.4 is 4.72 Å². The second-order valence-electron chi connectivity index (χ2n) is 9.67. The van der Waals surface area contributed by atoms with Gasteiger partial charge in [0.1, 0.15) is 0 Å². The van der Waals surface area contributed by atoms with Crippen molar-refractivity contribution in [2.75, 3.05) is 24.1 Å². The second-order valence-corrected chi connectivity index (χ2v) is 11.4. The summed E-state index contributed by atoms with van der Waals surface area (Å²) in [7, 11) is -3.45. The van der Waals surface area contributed by atoms with Gasteiger partial charge in [-0.15, -0.1) is 0 Å². The van der Waals surface area contributed by atoms with Gasteiger partial charge in [0.05, 0.1) is 23.2 Å². The predicted molar refractivity (Wildman–Crippen MR) is 150 cm³/mol. The van der Waals surface area contributed by atoms with Gasteiger partial charge >= 0.3 is 0 Å². The minimum atomic E-state index is -3.45. The quantitative estimate of drug-likeness (QED) is 0.271. The number of aliphatic imine (C=N–C) groups is 1. The molecule has 0 unspecified atom stereocenters. The molecule has 3 N–H and O–H groups in total. The number of aromatic nitrogens is 1. The van der Waals surface area contributed by atoms with Gasteiger partial charge in [-0.1, -0.05) is 55.3 Å². The molecule has 1 aromatic heterocycles. The highest BCUT2D eigenvalue weighted by atomic mass is 32.2. The molecular formula is C29H32N4O3S. The average molecular weight is 517 g/mol. The number of nitrogens with zero attached hydrogens (tertiary/aromatic N) is 2. The molecule has 0 amide bonds. The van der Waals surface area contributed by atoms with Gasteiger partial charge in [0.25, 0.3) is 0 Å². The summed E-state index contributed by atoms with van der Waals surface area (Å²) in [5, 5.41) is 11.6. The first-order valence-corrected chi connectivity index (χ1v) is 14.5. The molecule has 1 saturated heterocycles. The summed E-state index contributed by atoms with van der Waals surface area (Å²) < 4.78 is 26.1. The van der Waals surface area contributed by atoms with Crippen LogP contribution in [0.3, 0.4) is 0 Å². The van der Waals surface area contributed by atoms with E-state index >= 15 is 0 Å². The van der Waals surface area contributed by atoms with Crippen molar-refractivity contribution in [2.45, 2.75) is 32.2 Å². The van der Waals surface area contributed by atoms with Crippen molar-refractivity contribution < 1.29 is 13.5 Å². The first-order chi connectivity index (χ1) is 17.9. The molecule has 1 aliphatic heterocycles.